The lowest BCUT2D eigenvalue weighted by Crippen LogP contribution is -2.29. The second kappa shape index (κ2) is 5.39. The Balaban J connectivity index is 2.08. The summed E-state index contributed by atoms with van der Waals surface area (Å²) in [5.41, 5.74) is 6.43. The Bertz CT molecular complexity index is 272. The highest BCUT2D eigenvalue weighted by atomic mass is 16.4. The molecule has 14 heavy (non-hydrogen) atoms. The topological polar surface area (TPSA) is 92.0 Å². The lowest BCUT2D eigenvalue weighted by Gasteiger charge is -2.04. The van der Waals surface area contributed by atoms with Crippen molar-refractivity contribution in [3.63, 3.8) is 0 Å². The van der Waals surface area contributed by atoms with Gasteiger partial charge < -0.3 is 15.8 Å². The molecule has 0 aliphatic rings. The van der Waals surface area contributed by atoms with Crippen molar-refractivity contribution in [2.75, 3.05) is 0 Å². The Morgan fingerprint density at radius 2 is 2.43 bits per heavy atom. The standard InChI is InChI=1S/C9H15N3O2/c10-8(9(13)14)4-2-1-3-7-5-11-6-12-7/h5-6,8H,1-4,10H2,(H,11,12)(H,13,14). The highest BCUT2D eigenvalue weighted by Gasteiger charge is 2.09. The Labute approximate surface area is 82.3 Å². The number of rotatable bonds is 6. The van der Waals surface area contributed by atoms with Crippen LogP contribution in [0.4, 0.5) is 0 Å². The average Bonchev–Trinajstić information content (AvgIpc) is 2.64. The highest BCUT2D eigenvalue weighted by Crippen LogP contribution is 2.04. The molecule has 0 aliphatic heterocycles. The quantitative estimate of drug-likeness (QED) is 0.580. The van der Waals surface area contributed by atoms with Crippen molar-refractivity contribution in [3.05, 3.63) is 18.2 Å². The van der Waals surface area contributed by atoms with Crippen molar-refractivity contribution in [2.45, 2.75) is 31.7 Å². The van der Waals surface area contributed by atoms with Crippen molar-refractivity contribution >= 4 is 5.97 Å². The molecule has 0 spiro atoms. The van der Waals surface area contributed by atoms with Gasteiger partial charge >= 0.3 is 5.97 Å². The number of aryl methyl sites for hydroxylation is 1. The summed E-state index contributed by atoms with van der Waals surface area (Å²) in [6, 6.07) is -0.725. The van der Waals surface area contributed by atoms with Gasteiger partial charge in [0.15, 0.2) is 0 Å². The van der Waals surface area contributed by atoms with Gasteiger partial charge in [0.05, 0.1) is 6.33 Å². The summed E-state index contributed by atoms with van der Waals surface area (Å²) in [6.07, 6.45) is 6.60. The Morgan fingerprint density at radius 3 is 3.00 bits per heavy atom. The minimum Gasteiger partial charge on any atom is -0.480 e. The van der Waals surface area contributed by atoms with E-state index < -0.39 is 12.0 Å². The molecule has 0 bridgehead atoms. The van der Waals surface area contributed by atoms with Crippen LogP contribution >= 0.6 is 0 Å². The lowest BCUT2D eigenvalue weighted by molar-refractivity contribution is -0.138. The first-order valence-corrected chi connectivity index (χ1v) is 4.66. The van der Waals surface area contributed by atoms with Gasteiger partial charge in [0.2, 0.25) is 0 Å². The van der Waals surface area contributed by atoms with Gasteiger partial charge in [-0.2, -0.15) is 0 Å². The molecule has 1 aromatic rings. The monoisotopic (exact) mass is 197 g/mol. The van der Waals surface area contributed by atoms with E-state index in [1.807, 2.05) is 0 Å². The summed E-state index contributed by atoms with van der Waals surface area (Å²) in [6.45, 7) is 0. The molecule has 1 aromatic heterocycles. The molecule has 0 saturated carbocycles. The second-order valence-electron chi connectivity index (χ2n) is 3.27. The van der Waals surface area contributed by atoms with Gasteiger partial charge in [0.1, 0.15) is 6.04 Å². The van der Waals surface area contributed by atoms with Gasteiger partial charge in [-0.25, -0.2) is 4.98 Å². The summed E-state index contributed by atoms with van der Waals surface area (Å²) < 4.78 is 0. The van der Waals surface area contributed by atoms with E-state index in [2.05, 4.69) is 9.97 Å². The molecule has 1 heterocycles. The zero-order valence-electron chi connectivity index (χ0n) is 7.94. The molecule has 1 unspecified atom stereocenters. The van der Waals surface area contributed by atoms with Crippen molar-refractivity contribution < 1.29 is 9.90 Å². The van der Waals surface area contributed by atoms with Crippen molar-refractivity contribution in [1.82, 2.24) is 9.97 Å². The second-order valence-corrected chi connectivity index (χ2v) is 3.27. The number of hydrogen-bond donors (Lipinski definition) is 3. The number of imidazole rings is 1. The largest absolute Gasteiger partial charge is 0.480 e. The smallest absolute Gasteiger partial charge is 0.320 e. The van der Waals surface area contributed by atoms with E-state index in [4.69, 9.17) is 10.8 Å². The van der Waals surface area contributed by atoms with Crippen LogP contribution in [0.3, 0.4) is 0 Å². The zero-order valence-corrected chi connectivity index (χ0v) is 7.94. The van der Waals surface area contributed by atoms with Gasteiger partial charge in [-0.3, -0.25) is 4.79 Å². The normalized spacial score (nSPS) is 12.6. The number of nitrogens with zero attached hydrogens (tertiary/aromatic N) is 1. The Hall–Kier alpha value is -1.36. The first kappa shape index (κ1) is 10.7. The van der Waals surface area contributed by atoms with Gasteiger partial charge in [0.25, 0.3) is 0 Å². The number of H-pyrrole nitrogens is 1. The van der Waals surface area contributed by atoms with Crippen LogP contribution in [-0.2, 0) is 11.2 Å². The van der Waals surface area contributed by atoms with Crippen LogP contribution in [0.1, 0.15) is 25.0 Å². The number of nitrogens with one attached hydrogen (secondary N) is 1. The molecular weight excluding hydrogens is 182 g/mol. The fraction of sp³-hybridized carbons (Fsp3) is 0.556. The minimum absolute atomic E-state index is 0.531. The molecule has 0 amide bonds. The molecule has 78 valence electrons. The van der Waals surface area contributed by atoms with Crippen LogP contribution in [0, 0.1) is 0 Å². The van der Waals surface area contributed by atoms with Crippen LogP contribution in [0.5, 0.6) is 0 Å². The zero-order chi connectivity index (χ0) is 10.4. The fourth-order valence-corrected chi connectivity index (χ4v) is 1.22. The molecule has 0 saturated heterocycles. The number of nitrogens with two attached hydrogens (primary N) is 1. The number of carboxylic acid groups (broad SMARTS) is 1. The molecule has 0 aromatic carbocycles. The number of unbranched alkanes of at least 4 members (excludes halogenated alkanes) is 1. The summed E-state index contributed by atoms with van der Waals surface area (Å²) in [5.74, 6) is -0.924. The number of hydrogen-bond acceptors (Lipinski definition) is 3. The number of carboxylic acids is 1. The van der Waals surface area contributed by atoms with E-state index in [1.54, 1.807) is 12.5 Å². The third-order valence-electron chi connectivity index (χ3n) is 2.08. The predicted octanol–water partition coefficient (Wildman–Crippen LogP) is 0.534. The first-order valence-electron chi connectivity index (χ1n) is 4.66. The number of aromatic nitrogens is 2. The fourth-order valence-electron chi connectivity index (χ4n) is 1.22. The van der Waals surface area contributed by atoms with Gasteiger partial charge in [0, 0.05) is 11.9 Å². The van der Waals surface area contributed by atoms with Crippen LogP contribution in [-0.4, -0.2) is 27.1 Å². The van der Waals surface area contributed by atoms with E-state index in [0.717, 1.165) is 25.0 Å². The van der Waals surface area contributed by atoms with Gasteiger partial charge in [-0.1, -0.05) is 6.42 Å². The van der Waals surface area contributed by atoms with Crippen molar-refractivity contribution in [1.29, 1.82) is 0 Å². The summed E-state index contributed by atoms with van der Waals surface area (Å²) in [5, 5.41) is 8.52. The van der Waals surface area contributed by atoms with Crippen molar-refractivity contribution in [2.24, 2.45) is 5.73 Å². The molecule has 1 rings (SSSR count). The maximum Gasteiger partial charge on any atom is 0.320 e. The van der Waals surface area contributed by atoms with Crippen LogP contribution in [0.2, 0.25) is 0 Å². The van der Waals surface area contributed by atoms with E-state index in [9.17, 15) is 4.79 Å². The molecular formula is C9H15N3O2. The first-order chi connectivity index (χ1) is 6.70. The van der Waals surface area contributed by atoms with E-state index >= 15 is 0 Å². The molecule has 0 radical (unpaired) electrons. The molecule has 0 fully saturated rings. The Kier molecular flexibility index (Phi) is 4.12. The third kappa shape index (κ3) is 3.57. The van der Waals surface area contributed by atoms with Crippen LogP contribution < -0.4 is 5.73 Å². The molecule has 5 heteroatoms. The summed E-state index contributed by atoms with van der Waals surface area (Å²) in [4.78, 5) is 17.3. The molecule has 4 N–H and O–H groups in total. The minimum atomic E-state index is -0.924. The molecule has 0 aliphatic carbocycles. The van der Waals surface area contributed by atoms with Crippen molar-refractivity contribution in [3.8, 4) is 0 Å². The average molecular weight is 197 g/mol. The van der Waals surface area contributed by atoms with E-state index in [-0.39, 0.29) is 0 Å². The maximum absolute atomic E-state index is 10.4. The number of aliphatic carboxylic acids is 1. The Morgan fingerprint density at radius 1 is 1.64 bits per heavy atom. The molecule has 5 nitrogen and oxygen atoms in total. The molecule has 1 atom stereocenters. The lowest BCUT2D eigenvalue weighted by atomic mass is 10.1. The summed E-state index contributed by atoms with van der Waals surface area (Å²) >= 11 is 0. The van der Waals surface area contributed by atoms with E-state index in [1.165, 1.54) is 0 Å². The third-order valence-corrected chi connectivity index (χ3v) is 2.08. The van der Waals surface area contributed by atoms with Gasteiger partial charge in [-0.05, 0) is 19.3 Å². The number of carbonyl (C=O) groups is 1. The predicted molar refractivity (Wildman–Crippen MR) is 51.8 cm³/mol. The SMILES string of the molecule is NC(CCCCc1cnc[nH]1)C(=O)O. The highest BCUT2D eigenvalue weighted by molar-refractivity contribution is 5.72. The van der Waals surface area contributed by atoms with Crippen LogP contribution in [0.25, 0.3) is 0 Å². The van der Waals surface area contributed by atoms with E-state index in [0.29, 0.717) is 6.42 Å². The maximum atomic E-state index is 10.4. The van der Waals surface area contributed by atoms with Crippen LogP contribution in [0.15, 0.2) is 12.5 Å². The summed E-state index contributed by atoms with van der Waals surface area (Å²) in [7, 11) is 0. The van der Waals surface area contributed by atoms with Gasteiger partial charge in [-0.15, -0.1) is 0 Å². The number of aromatic amines is 1.